The number of nitrogens with zero attached hydrogens (tertiary/aromatic N) is 2. The number of carbonyl (C=O) groups excluding carboxylic acids is 1. The van der Waals surface area contributed by atoms with Crippen LogP contribution >= 0.6 is 15.9 Å². The lowest BCUT2D eigenvalue weighted by molar-refractivity contribution is 0.0680. The van der Waals surface area contributed by atoms with Crippen LogP contribution in [0.3, 0.4) is 0 Å². The van der Waals surface area contributed by atoms with Crippen molar-refractivity contribution in [3.8, 4) is 0 Å². The highest BCUT2D eigenvalue weighted by Crippen LogP contribution is 2.32. The van der Waals surface area contributed by atoms with Gasteiger partial charge in [-0.2, -0.15) is 0 Å². The van der Waals surface area contributed by atoms with Crippen molar-refractivity contribution in [3.05, 3.63) is 64.1 Å². The fourth-order valence-corrected chi connectivity index (χ4v) is 4.42. The fraction of sp³-hybridized carbons (Fsp3) is 0.273. The zero-order chi connectivity index (χ0) is 19.3. The number of halogens is 1. The molecule has 0 bridgehead atoms. The molecule has 3 heterocycles. The number of rotatable bonds is 2. The van der Waals surface area contributed by atoms with E-state index in [4.69, 9.17) is 9.40 Å². The van der Waals surface area contributed by atoms with Crippen LogP contribution in [0.4, 0.5) is 0 Å². The van der Waals surface area contributed by atoms with Crippen molar-refractivity contribution in [3.63, 3.8) is 0 Å². The number of likely N-dealkylation sites (tertiary alicyclic amines) is 1. The lowest BCUT2D eigenvalue weighted by Crippen LogP contribution is -2.38. The lowest BCUT2D eigenvalue weighted by Gasteiger charge is -2.30. The molecule has 28 heavy (non-hydrogen) atoms. The lowest BCUT2D eigenvalue weighted by atomic mass is 9.96. The van der Waals surface area contributed by atoms with Crippen molar-refractivity contribution < 1.29 is 9.21 Å². The van der Waals surface area contributed by atoms with E-state index in [0.717, 1.165) is 50.7 Å². The summed E-state index contributed by atoms with van der Waals surface area (Å²) in [4.78, 5) is 23.1. The molecule has 1 N–H and O–H groups in total. The SMILES string of the molecule is Cc1c(C(=O)N2CCC(c3nc4ccccc4[nH]3)CC2)oc2ccc(Br)cc12. The first kappa shape index (κ1) is 17.5. The van der Waals surface area contributed by atoms with Gasteiger partial charge in [-0.25, -0.2) is 4.98 Å². The quantitative estimate of drug-likeness (QED) is 0.456. The molecule has 2 aromatic heterocycles. The van der Waals surface area contributed by atoms with Gasteiger partial charge in [-0.3, -0.25) is 4.79 Å². The average Bonchev–Trinajstić information content (AvgIpc) is 3.29. The highest BCUT2D eigenvalue weighted by molar-refractivity contribution is 9.10. The number of para-hydroxylation sites is 2. The number of aryl methyl sites for hydroxylation is 1. The third-order valence-electron chi connectivity index (χ3n) is 5.67. The van der Waals surface area contributed by atoms with Gasteiger partial charge in [0.25, 0.3) is 5.91 Å². The molecule has 2 aromatic carbocycles. The molecule has 1 aliphatic heterocycles. The van der Waals surface area contributed by atoms with E-state index in [9.17, 15) is 4.79 Å². The molecule has 0 radical (unpaired) electrons. The summed E-state index contributed by atoms with van der Waals surface area (Å²) in [5.74, 6) is 1.81. The van der Waals surface area contributed by atoms with Crippen molar-refractivity contribution in [2.24, 2.45) is 0 Å². The van der Waals surface area contributed by atoms with Gasteiger partial charge in [-0.15, -0.1) is 0 Å². The second-order valence-corrected chi connectivity index (χ2v) is 8.32. The maximum Gasteiger partial charge on any atom is 0.289 e. The average molecular weight is 438 g/mol. The third-order valence-corrected chi connectivity index (χ3v) is 6.16. The molecule has 0 atom stereocenters. The van der Waals surface area contributed by atoms with Gasteiger partial charge in [0.15, 0.2) is 5.76 Å². The maximum atomic E-state index is 13.1. The monoisotopic (exact) mass is 437 g/mol. The molecule has 1 saturated heterocycles. The Morgan fingerprint density at radius 2 is 2.00 bits per heavy atom. The van der Waals surface area contributed by atoms with E-state index in [2.05, 4.69) is 20.9 Å². The van der Waals surface area contributed by atoms with E-state index in [-0.39, 0.29) is 5.91 Å². The number of aromatic amines is 1. The van der Waals surface area contributed by atoms with Crippen molar-refractivity contribution in [2.45, 2.75) is 25.7 Å². The Balaban J connectivity index is 1.34. The van der Waals surface area contributed by atoms with Crippen LogP contribution in [-0.2, 0) is 0 Å². The minimum Gasteiger partial charge on any atom is -0.451 e. The smallest absolute Gasteiger partial charge is 0.289 e. The number of hydrogen-bond donors (Lipinski definition) is 1. The number of fused-ring (bicyclic) bond motifs is 2. The summed E-state index contributed by atoms with van der Waals surface area (Å²) in [6.45, 7) is 3.37. The largest absolute Gasteiger partial charge is 0.451 e. The van der Waals surface area contributed by atoms with Gasteiger partial charge in [-0.1, -0.05) is 28.1 Å². The summed E-state index contributed by atoms with van der Waals surface area (Å²) in [6.07, 6.45) is 1.80. The molecule has 1 aliphatic rings. The molecular formula is C22H20BrN3O2. The number of carbonyl (C=O) groups is 1. The second kappa shape index (κ2) is 6.78. The highest BCUT2D eigenvalue weighted by atomic mass is 79.9. The van der Waals surface area contributed by atoms with Crippen LogP contribution in [0.15, 0.2) is 51.4 Å². The number of furan rings is 1. The summed E-state index contributed by atoms with van der Waals surface area (Å²) in [7, 11) is 0. The number of imidazole rings is 1. The van der Waals surface area contributed by atoms with Gasteiger partial charge in [0, 0.05) is 34.4 Å². The van der Waals surface area contributed by atoms with Crippen LogP contribution in [0.2, 0.25) is 0 Å². The van der Waals surface area contributed by atoms with Crippen LogP contribution in [0.5, 0.6) is 0 Å². The predicted molar refractivity (Wildman–Crippen MR) is 113 cm³/mol. The Bertz CT molecular complexity index is 1150. The molecule has 0 aliphatic carbocycles. The van der Waals surface area contributed by atoms with Crippen molar-refractivity contribution in [1.82, 2.24) is 14.9 Å². The molecule has 5 nitrogen and oxygen atoms in total. The summed E-state index contributed by atoms with van der Waals surface area (Å²) < 4.78 is 6.87. The molecule has 6 heteroatoms. The molecule has 1 amide bonds. The number of piperidine rings is 1. The molecule has 142 valence electrons. The van der Waals surface area contributed by atoms with Crippen LogP contribution in [0, 0.1) is 6.92 Å². The maximum absolute atomic E-state index is 13.1. The number of H-pyrrole nitrogens is 1. The zero-order valence-electron chi connectivity index (χ0n) is 15.5. The third kappa shape index (κ3) is 2.92. The highest BCUT2D eigenvalue weighted by Gasteiger charge is 2.29. The first-order valence-corrected chi connectivity index (χ1v) is 10.3. The standard InChI is InChI=1S/C22H20BrN3O2/c1-13-16-12-15(23)6-7-19(16)28-20(13)22(27)26-10-8-14(9-11-26)21-24-17-4-2-3-5-18(17)25-21/h2-7,12,14H,8-11H2,1H3,(H,24,25). The molecule has 0 spiro atoms. The van der Waals surface area contributed by atoms with E-state index in [1.54, 1.807) is 0 Å². The Morgan fingerprint density at radius 1 is 1.21 bits per heavy atom. The van der Waals surface area contributed by atoms with Gasteiger partial charge in [0.05, 0.1) is 11.0 Å². The van der Waals surface area contributed by atoms with E-state index in [1.165, 1.54) is 0 Å². The van der Waals surface area contributed by atoms with Crippen LogP contribution in [0.25, 0.3) is 22.0 Å². The first-order valence-electron chi connectivity index (χ1n) is 9.53. The second-order valence-electron chi connectivity index (χ2n) is 7.40. The number of benzene rings is 2. The molecule has 0 saturated carbocycles. The molecule has 1 fully saturated rings. The van der Waals surface area contributed by atoms with Crippen LogP contribution < -0.4 is 0 Å². The Kier molecular flexibility index (Phi) is 4.23. The summed E-state index contributed by atoms with van der Waals surface area (Å²) in [6, 6.07) is 13.9. The minimum absolute atomic E-state index is 0.0205. The van der Waals surface area contributed by atoms with E-state index >= 15 is 0 Å². The van der Waals surface area contributed by atoms with E-state index < -0.39 is 0 Å². The summed E-state index contributed by atoms with van der Waals surface area (Å²) in [5, 5.41) is 0.981. The zero-order valence-corrected chi connectivity index (χ0v) is 17.1. The van der Waals surface area contributed by atoms with Gasteiger partial charge >= 0.3 is 0 Å². The van der Waals surface area contributed by atoms with Crippen molar-refractivity contribution in [1.29, 1.82) is 0 Å². The number of amides is 1. The molecule has 4 aromatic rings. The first-order chi connectivity index (χ1) is 13.6. The van der Waals surface area contributed by atoms with Crippen molar-refractivity contribution in [2.75, 3.05) is 13.1 Å². The predicted octanol–water partition coefficient (Wildman–Crippen LogP) is 5.40. The van der Waals surface area contributed by atoms with Crippen LogP contribution in [0.1, 0.15) is 40.7 Å². The van der Waals surface area contributed by atoms with Crippen molar-refractivity contribution >= 4 is 43.8 Å². The Hall–Kier alpha value is -2.60. The minimum atomic E-state index is -0.0205. The van der Waals surface area contributed by atoms with E-state index in [1.807, 2.05) is 54.3 Å². The van der Waals surface area contributed by atoms with Gasteiger partial charge in [0.2, 0.25) is 0 Å². The fourth-order valence-electron chi connectivity index (χ4n) is 4.06. The van der Waals surface area contributed by atoms with Gasteiger partial charge < -0.3 is 14.3 Å². The number of nitrogens with one attached hydrogen (secondary N) is 1. The van der Waals surface area contributed by atoms with E-state index in [0.29, 0.717) is 24.8 Å². The normalized spacial score (nSPS) is 15.6. The number of aromatic nitrogens is 2. The number of hydrogen-bond acceptors (Lipinski definition) is 3. The molecule has 5 rings (SSSR count). The molecular weight excluding hydrogens is 418 g/mol. The van der Waals surface area contributed by atoms with Crippen LogP contribution in [-0.4, -0.2) is 33.9 Å². The Morgan fingerprint density at radius 3 is 2.79 bits per heavy atom. The Labute approximate surface area is 170 Å². The van der Waals surface area contributed by atoms with Gasteiger partial charge in [-0.05, 0) is 50.1 Å². The summed E-state index contributed by atoms with van der Waals surface area (Å²) in [5.41, 5.74) is 3.72. The summed E-state index contributed by atoms with van der Waals surface area (Å²) >= 11 is 3.48. The molecule has 0 unspecified atom stereocenters. The van der Waals surface area contributed by atoms with Gasteiger partial charge in [0.1, 0.15) is 11.4 Å². The topological polar surface area (TPSA) is 62.1 Å².